The number of allylic oxidation sites excluding steroid dienone is 4. The van der Waals surface area contributed by atoms with Crippen molar-refractivity contribution in [3.63, 3.8) is 0 Å². The van der Waals surface area contributed by atoms with Gasteiger partial charge in [-0.15, -0.1) is 6.92 Å². The van der Waals surface area contributed by atoms with Gasteiger partial charge in [-0.05, 0) is 27.1 Å². The van der Waals surface area contributed by atoms with E-state index in [9.17, 15) is 0 Å². The molecule has 0 spiro atoms. The van der Waals surface area contributed by atoms with E-state index >= 15 is 0 Å². The second-order valence-electron chi connectivity index (χ2n) is 5.24. The molecule has 0 amide bonds. The molecule has 0 aromatic rings. The summed E-state index contributed by atoms with van der Waals surface area (Å²) in [7, 11) is 4.27. The second-order valence-corrected chi connectivity index (χ2v) is 5.24. The summed E-state index contributed by atoms with van der Waals surface area (Å²) in [4.78, 5) is 2.25. The van der Waals surface area contributed by atoms with Crippen LogP contribution in [0.5, 0.6) is 0 Å². The molecule has 1 unspecified atom stereocenters. The molecule has 1 radical (unpaired) electrons. The van der Waals surface area contributed by atoms with Gasteiger partial charge in [0, 0.05) is 0 Å². The van der Waals surface area contributed by atoms with E-state index in [1.807, 2.05) is 0 Å². The summed E-state index contributed by atoms with van der Waals surface area (Å²) in [5.41, 5.74) is 4.51. The molecule has 0 N–H and O–H groups in total. The first-order chi connectivity index (χ1) is 6.87. The predicted molar refractivity (Wildman–Crippen MR) is 66.7 cm³/mol. The van der Waals surface area contributed by atoms with Crippen LogP contribution in [-0.2, 0) is 21.7 Å². The molecular weight excluding hydrogens is 301 g/mol. The molecule has 18 heavy (non-hydrogen) atoms. The predicted octanol–water partition coefficient (Wildman–Crippen LogP) is -2.56. The maximum absolute atomic E-state index is 3.63. The van der Waals surface area contributed by atoms with Crippen LogP contribution in [0.15, 0.2) is 16.7 Å². The van der Waals surface area contributed by atoms with Crippen LogP contribution in [0, 0.1) is 11.5 Å². The number of halogens is 2. The molecule has 0 fully saturated rings. The zero-order valence-corrected chi connectivity index (χ0v) is 15.4. The maximum Gasteiger partial charge on any atom is 3.00 e. The standard InChI is InChI=1S/C14H24N.2ClH.Ti/c1-11-10-14(4,13(3)12(11)2)8-7-9-15(5)6;;;/h7-9H2,1-6H3;2*1H;/q-1;;;+3/p-2. The smallest absolute Gasteiger partial charge is 1.00 e. The topological polar surface area (TPSA) is 3.24 Å². The van der Waals surface area contributed by atoms with Crippen LogP contribution in [0.1, 0.15) is 40.5 Å². The fourth-order valence-electron chi connectivity index (χ4n) is 2.30. The number of hydrogen-bond donors (Lipinski definition) is 0. The molecule has 0 heterocycles. The largest absolute Gasteiger partial charge is 3.00 e. The molecule has 0 aliphatic heterocycles. The van der Waals surface area contributed by atoms with Crippen molar-refractivity contribution in [3.05, 3.63) is 22.8 Å². The molecule has 103 valence electrons. The van der Waals surface area contributed by atoms with Crippen LogP contribution < -0.4 is 24.8 Å². The van der Waals surface area contributed by atoms with Crippen molar-refractivity contribution in [2.45, 2.75) is 40.5 Å². The van der Waals surface area contributed by atoms with Gasteiger partial charge in [-0.1, -0.05) is 32.6 Å². The summed E-state index contributed by atoms with van der Waals surface area (Å²) in [6, 6.07) is 0. The molecule has 1 rings (SSSR count). The third-order valence-electron chi connectivity index (χ3n) is 3.70. The van der Waals surface area contributed by atoms with Gasteiger partial charge >= 0.3 is 21.7 Å². The minimum absolute atomic E-state index is 0. The first-order valence-electron chi connectivity index (χ1n) is 5.81. The Balaban J connectivity index is -0.000000750. The van der Waals surface area contributed by atoms with Gasteiger partial charge in [-0.25, -0.2) is 5.57 Å². The fraction of sp³-hybridized carbons (Fsp3) is 0.714. The first kappa shape index (κ1) is 23.8. The van der Waals surface area contributed by atoms with Gasteiger partial charge in [0.2, 0.25) is 0 Å². The molecule has 1 aliphatic carbocycles. The summed E-state index contributed by atoms with van der Waals surface area (Å²) in [6.07, 6.45) is 6.09. The van der Waals surface area contributed by atoms with Crippen LogP contribution in [0.25, 0.3) is 0 Å². The van der Waals surface area contributed by atoms with E-state index in [1.165, 1.54) is 36.1 Å². The Bertz CT molecular complexity index is 311. The number of rotatable bonds is 4. The maximum atomic E-state index is 3.63. The normalized spacial score (nSPS) is 22.1. The quantitative estimate of drug-likeness (QED) is 0.406. The summed E-state index contributed by atoms with van der Waals surface area (Å²) in [6.45, 7) is 10.1. The first-order valence-corrected chi connectivity index (χ1v) is 5.81. The zero-order valence-electron chi connectivity index (χ0n) is 12.3. The molecule has 0 saturated carbocycles. The summed E-state index contributed by atoms with van der Waals surface area (Å²) >= 11 is 0. The van der Waals surface area contributed by atoms with Gasteiger partial charge in [-0.2, -0.15) is 11.1 Å². The summed E-state index contributed by atoms with van der Waals surface area (Å²) in [5.74, 6) is 0. The van der Waals surface area contributed by atoms with Crippen molar-refractivity contribution < 1.29 is 46.5 Å². The number of hydrogen-bond acceptors (Lipinski definition) is 1. The molecule has 1 atom stereocenters. The minimum atomic E-state index is 0. The van der Waals surface area contributed by atoms with Crippen LogP contribution in [-0.4, -0.2) is 25.5 Å². The van der Waals surface area contributed by atoms with E-state index in [2.05, 4.69) is 52.8 Å². The van der Waals surface area contributed by atoms with Gasteiger partial charge in [0.25, 0.3) is 0 Å². The summed E-state index contributed by atoms with van der Waals surface area (Å²) in [5, 5.41) is 0. The molecule has 0 bridgehead atoms. The molecule has 1 aliphatic rings. The van der Waals surface area contributed by atoms with Gasteiger partial charge < -0.3 is 29.7 Å². The van der Waals surface area contributed by atoms with Crippen molar-refractivity contribution in [2.75, 3.05) is 20.6 Å². The van der Waals surface area contributed by atoms with Crippen LogP contribution in [0.2, 0.25) is 0 Å². The third kappa shape index (κ3) is 5.80. The molecule has 0 saturated heterocycles. The SMILES string of the molecule is CC1=[C-]C(C)(CCCN(C)C)C(C)=C1C.[Cl-].[Cl-].[Ti+3]. The molecule has 0 aromatic heterocycles. The Morgan fingerprint density at radius 2 is 1.61 bits per heavy atom. The van der Waals surface area contributed by atoms with Gasteiger partial charge in [0.05, 0.1) is 0 Å². The van der Waals surface area contributed by atoms with Gasteiger partial charge in [-0.3, -0.25) is 6.08 Å². The minimum Gasteiger partial charge on any atom is -1.00 e. The van der Waals surface area contributed by atoms with Crippen LogP contribution in [0.4, 0.5) is 0 Å². The van der Waals surface area contributed by atoms with Crippen molar-refractivity contribution in [1.29, 1.82) is 0 Å². The van der Waals surface area contributed by atoms with E-state index in [4.69, 9.17) is 0 Å². The Morgan fingerprint density at radius 1 is 1.11 bits per heavy atom. The van der Waals surface area contributed by atoms with Crippen molar-refractivity contribution >= 4 is 0 Å². The Labute approximate surface area is 140 Å². The molecule has 0 aromatic carbocycles. The average Bonchev–Trinajstić information content (AvgIpc) is 2.30. The third-order valence-corrected chi connectivity index (χ3v) is 3.70. The second kappa shape index (κ2) is 9.61. The summed E-state index contributed by atoms with van der Waals surface area (Å²) < 4.78 is 0. The molecule has 1 nitrogen and oxygen atoms in total. The van der Waals surface area contributed by atoms with Crippen molar-refractivity contribution in [1.82, 2.24) is 4.90 Å². The van der Waals surface area contributed by atoms with Crippen LogP contribution >= 0.6 is 0 Å². The van der Waals surface area contributed by atoms with E-state index < -0.39 is 0 Å². The van der Waals surface area contributed by atoms with Crippen LogP contribution in [0.3, 0.4) is 0 Å². The molecule has 4 heteroatoms. The Kier molecular flexibility index (Phi) is 12.7. The Morgan fingerprint density at radius 3 is 1.94 bits per heavy atom. The van der Waals surface area contributed by atoms with Gasteiger partial charge in [0.1, 0.15) is 0 Å². The average molecular weight is 325 g/mol. The van der Waals surface area contributed by atoms with E-state index in [0.29, 0.717) is 0 Å². The van der Waals surface area contributed by atoms with Crippen molar-refractivity contribution in [2.24, 2.45) is 5.41 Å². The van der Waals surface area contributed by atoms with E-state index in [1.54, 1.807) is 0 Å². The molecular formula is C14H24Cl2NTi. The monoisotopic (exact) mass is 324 g/mol. The van der Waals surface area contributed by atoms with Crippen molar-refractivity contribution in [3.8, 4) is 0 Å². The van der Waals surface area contributed by atoms with E-state index in [0.717, 1.165) is 0 Å². The zero-order chi connectivity index (χ0) is 11.6. The number of nitrogens with zero attached hydrogens (tertiary/aromatic N) is 1. The van der Waals surface area contributed by atoms with Gasteiger partial charge in [0.15, 0.2) is 0 Å². The Hall–Kier alpha value is 0.734. The van der Waals surface area contributed by atoms with E-state index in [-0.39, 0.29) is 51.9 Å². The fourth-order valence-corrected chi connectivity index (χ4v) is 2.30.